The molecule has 1 amide bonds. The standard InChI is InChI=1S/C29H27NO6/c1-4-18-6-8-20(9-7-18)26(31)24-25(19-12-16-23(35-3)17-13-19)30(28(33)27(24)32)22-14-10-21(11-15-22)29(34)36-5-2/h6-17,25,31H,4-5H2,1-3H3/b26-24+. The first-order valence-electron chi connectivity index (χ1n) is 11.7. The molecule has 1 saturated heterocycles. The zero-order valence-corrected chi connectivity index (χ0v) is 20.4. The number of rotatable bonds is 7. The second-order valence-electron chi connectivity index (χ2n) is 8.26. The van der Waals surface area contributed by atoms with Crippen LogP contribution in [0.3, 0.4) is 0 Å². The molecule has 1 aliphatic rings. The highest BCUT2D eigenvalue weighted by atomic mass is 16.5. The molecule has 1 aliphatic heterocycles. The molecule has 1 heterocycles. The van der Waals surface area contributed by atoms with Gasteiger partial charge in [-0.25, -0.2) is 4.79 Å². The first-order chi connectivity index (χ1) is 17.4. The second kappa shape index (κ2) is 10.5. The predicted octanol–water partition coefficient (Wildman–Crippen LogP) is 5.06. The number of ketones is 1. The molecule has 0 saturated carbocycles. The van der Waals surface area contributed by atoms with E-state index in [0.717, 1.165) is 12.0 Å². The topological polar surface area (TPSA) is 93.1 Å². The Morgan fingerprint density at radius 3 is 2.06 bits per heavy atom. The van der Waals surface area contributed by atoms with Gasteiger partial charge in [0, 0.05) is 11.3 Å². The normalized spacial score (nSPS) is 16.8. The first-order valence-corrected chi connectivity index (χ1v) is 11.7. The van der Waals surface area contributed by atoms with E-state index in [2.05, 4.69) is 0 Å². The molecule has 3 aromatic carbocycles. The molecule has 1 unspecified atom stereocenters. The lowest BCUT2D eigenvalue weighted by molar-refractivity contribution is -0.132. The van der Waals surface area contributed by atoms with E-state index in [9.17, 15) is 19.5 Å². The minimum Gasteiger partial charge on any atom is -0.507 e. The number of hydrogen-bond donors (Lipinski definition) is 1. The van der Waals surface area contributed by atoms with Gasteiger partial charge in [0.05, 0.1) is 30.9 Å². The van der Waals surface area contributed by atoms with Crippen LogP contribution < -0.4 is 9.64 Å². The molecule has 1 fully saturated rings. The van der Waals surface area contributed by atoms with Gasteiger partial charge in [-0.2, -0.15) is 0 Å². The maximum atomic E-state index is 13.3. The molecular formula is C29H27NO6. The minimum atomic E-state index is -0.879. The van der Waals surface area contributed by atoms with Gasteiger partial charge in [0.2, 0.25) is 0 Å². The number of carbonyl (C=O) groups excluding carboxylic acids is 3. The number of amides is 1. The van der Waals surface area contributed by atoms with Gasteiger partial charge in [0.15, 0.2) is 0 Å². The Morgan fingerprint density at radius 1 is 0.889 bits per heavy atom. The maximum Gasteiger partial charge on any atom is 0.338 e. The van der Waals surface area contributed by atoms with Crippen LogP contribution in [0, 0.1) is 0 Å². The number of aryl methyl sites for hydroxylation is 1. The van der Waals surface area contributed by atoms with Crippen molar-refractivity contribution < 1.29 is 29.0 Å². The minimum absolute atomic E-state index is 0.0103. The molecule has 0 bridgehead atoms. The van der Waals surface area contributed by atoms with Crippen molar-refractivity contribution >= 4 is 29.1 Å². The van der Waals surface area contributed by atoms with E-state index in [1.54, 1.807) is 74.7 Å². The monoisotopic (exact) mass is 485 g/mol. The van der Waals surface area contributed by atoms with Crippen molar-refractivity contribution in [3.8, 4) is 5.75 Å². The number of benzene rings is 3. The van der Waals surface area contributed by atoms with E-state index in [0.29, 0.717) is 28.1 Å². The molecule has 4 rings (SSSR count). The maximum absolute atomic E-state index is 13.3. The van der Waals surface area contributed by atoms with Crippen LogP contribution in [0.1, 0.15) is 46.9 Å². The summed E-state index contributed by atoms with van der Waals surface area (Å²) in [5.41, 5.74) is 2.88. The average molecular weight is 486 g/mol. The molecule has 0 aromatic heterocycles. The zero-order chi connectivity index (χ0) is 25.8. The van der Waals surface area contributed by atoms with Gasteiger partial charge in [-0.1, -0.05) is 43.3 Å². The molecule has 7 nitrogen and oxygen atoms in total. The lowest BCUT2D eigenvalue weighted by Crippen LogP contribution is -2.29. The van der Waals surface area contributed by atoms with Gasteiger partial charge in [-0.3, -0.25) is 14.5 Å². The third-order valence-corrected chi connectivity index (χ3v) is 6.17. The summed E-state index contributed by atoms with van der Waals surface area (Å²) in [5.74, 6) is -1.67. The average Bonchev–Trinajstić information content (AvgIpc) is 3.18. The molecule has 1 atom stereocenters. The summed E-state index contributed by atoms with van der Waals surface area (Å²) in [6, 6.07) is 19.6. The summed E-state index contributed by atoms with van der Waals surface area (Å²) < 4.78 is 10.3. The van der Waals surface area contributed by atoms with Crippen LogP contribution in [0.15, 0.2) is 78.4 Å². The number of aliphatic hydroxyl groups is 1. The fourth-order valence-electron chi connectivity index (χ4n) is 4.23. The smallest absolute Gasteiger partial charge is 0.338 e. The largest absolute Gasteiger partial charge is 0.507 e. The lowest BCUT2D eigenvalue weighted by Gasteiger charge is -2.25. The fourth-order valence-corrected chi connectivity index (χ4v) is 4.23. The summed E-state index contributed by atoms with van der Waals surface area (Å²) in [5, 5.41) is 11.2. The molecule has 184 valence electrons. The van der Waals surface area contributed by atoms with Crippen molar-refractivity contribution in [1.82, 2.24) is 0 Å². The highest BCUT2D eigenvalue weighted by Gasteiger charge is 2.47. The number of aliphatic hydroxyl groups excluding tert-OH is 1. The second-order valence-corrected chi connectivity index (χ2v) is 8.26. The Balaban J connectivity index is 1.84. The summed E-state index contributed by atoms with van der Waals surface area (Å²) in [6.07, 6.45) is 0.832. The number of anilines is 1. The quantitative estimate of drug-likeness (QED) is 0.218. The van der Waals surface area contributed by atoms with Gasteiger partial charge in [0.1, 0.15) is 11.5 Å². The molecular weight excluding hydrogens is 458 g/mol. The fraction of sp³-hybridized carbons (Fsp3) is 0.207. The summed E-state index contributed by atoms with van der Waals surface area (Å²) in [6.45, 7) is 3.99. The van der Waals surface area contributed by atoms with Gasteiger partial charge < -0.3 is 14.6 Å². The van der Waals surface area contributed by atoms with E-state index >= 15 is 0 Å². The van der Waals surface area contributed by atoms with E-state index in [1.807, 2.05) is 19.1 Å². The van der Waals surface area contributed by atoms with Crippen LogP contribution in [0.4, 0.5) is 5.69 Å². The Kier molecular flexibility index (Phi) is 7.20. The highest BCUT2D eigenvalue weighted by Crippen LogP contribution is 2.42. The van der Waals surface area contributed by atoms with Gasteiger partial charge in [-0.05, 0) is 60.9 Å². The molecule has 0 aliphatic carbocycles. The number of esters is 1. The number of carbonyl (C=O) groups is 3. The zero-order valence-electron chi connectivity index (χ0n) is 20.4. The number of nitrogens with zero attached hydrogens (tertiary/aromatic N) is 1. The Morgan fingerprint density at radius 2 is 1.50 bits per heavy atom. The molecule has 0 spiro atoms. The predicted molar refractivity (Wildman–Crippen MR) is 136 cm³/mol. The van der Waals surface area contributed by atoms with E-state index < -0.39 is 23.7 Å². The van der Waals surface area contributed by atoms with Crippen LogP contribution in [-0.2, 0) is 20.7 Å². The third-order valence-electron chi connectivity index (χ3n) is 6.17. The summed E-state index contributed by atoms with van der Waals surface area (Å²) >= 11 is 0. The van der Waals surface area contributed by atoms with Gasteiger partial charge >= 0.3 is 5.97 Å². The van der Waals surface area contributed by atoms with Crippen LogP contribution in [0.5, 0.6) is 5.75 Å². The lowest BCUT2D eigenvalue weighted by atomic mass is 9.94. The Bertz CT molecular complexity index is 1310. The van der Waals surface area contributed by atoms with E-state index in [4.69, 9.17) is 9.47 Å². The number of hydrogen-bond acceptors (Lipinski definition) is 6. The van der Waals surface area contributed by atoms with Crippen molar-refractivity contribution in [2.24, 2.45) is 0 Å². The SMILES string of the molecule is CCOC(=O)c1ccc(N2C(=O)C(=O)/C(=C(/O)c3ccc(CC)cc3)C2c2ccc(OC)cc2)cc1. The summed E-state index contributed by atoms with van der Waals surface area (Å²) in [7, 11) is 1.55. The molecule has 3 aromatic rings. The molecule has 7 heteroatoms. The molecule has 1 N–H and O–H groups in total. The van der Waals surface area contributed by atoms with E-state index in [-0.39, 0.29) is 17.9 Å². The Hall–Kier alpha value is -4.39. The van der Waals surface area contributed by atoms with E-state index in [1.165, 1.54) is 4.90 Å². The molecule has 0 radical (unpaired) electrons. The summed E-state index contributed by atoms with van der Waals surface area (Å²) in [4.78, 5) is 40.0. The van der Waals surface area contributed by atoms with Crippen LogP contribution >= 0.6 is 0 Å². The Labute approximate surface area is 209 Å². The molecule has 36 heavy (non-hydrogen) atoms. The number of ether oxygens (including phenoxy) is 2. The van der Waals surface area contributed by atoms with Crippen molar-refractivity contribution in [1.29, 1.82) is 0 Å². The highest BCUT2D eigenvalue weighted by molar-refractivity contribution is 6.51. The van der Waals surface area contributed by atoms with Crippen LogP contribution in [0.25, 0.3) is 5.76 Å². The third kappa shape index (κ3) is 4.60. The van der Waals surface area contributed by atoms with Gasteiger partial charge in [-0.15, -0.1) is 0 Å². The number of methoxy groups -OCH3 is 1. The van der Waals surface area contributed by atoms with Crippen molar-refractivity contribution in [2.45, 2.75) is 26.3 Å². The van der Waals surface area contributed by atoms with Crippen molar-refractivity contribution in [3.05, 3.63) is 101 Å². The van der Waals surface area contributed by atoms with Gasteiger partial charge in [0.25, 0.3) is 11.7 Å². The first kappa shape index (κ1) is 24.7. The van der Waals surface area contributed by atoms with Crippen LogP contribution in [0.2, 0.25) is 0 Å². The van der Waals surface area contributed by atoms with Crippen LogP contribution in [-0.4, -0.2) is 36.5 Å². The van der Waals surface area contributed by atoms with Crippen molar-refractivity contribution in [3.63, 3.8) is 0 Å². The number of Topliss-reactive ketones (excluding diaryl/α,β-unsaturated/α-hetero) is 1. The van der Waals surface area contributed by atoms with Crippen molar-refractivity contribution in [2.75, 3.05) is 18.6 Å².